The third-order valence-electron chi connectivity index (χ3n) is 6.85. The SMILES string of the molecule is O=C(NC1CC[C@@H]1F)c1cnn2c3c(c(-c4cn(C5COC5)c5ncccc45)nc12)OCCN3. The van der Waals surface area contributed by atoms with Crippen molar-refractivity contribution in [2.24, 2.45) is 0 Å². The van der Waals surface area contributed by atoms with E-state index in [1.54, 1.807) is 10.7 Å². The second kappa shape index (κ2) is 7.39. The van der Waals surface area contributed by atoms with Crippen molar-refractivity contribution in [1.82, 2.24) is 29.5 Å². The molecule has 4 aromatic heterocycles. The molecule has 2 aliphatic heterocycles. The zero-order chi connectivity index (χ0) is 22.8. The summed E-state index contributed by atoms with van der Waals surface area (Å²) >= 11 is 0. The van der Waals surface area contributed by atoms with Gasteiger partial charge in [-0.1, -0.05) is 0 Å². The van der Waals surface area contributed by atoms with Gasteiger partial charge in [0.2, 0.25) is 0 Å². The number of amides is 1. The fourth-order valence-corrected chi connectivity index (χ4v) is 4.74. The van der Waals surface area contributed by atoms with Crippen molar-refractivity contribution >= 4 is 28.4 Å². The van der Waals surface area contributed by atoms with Gasteiger partial charge in [-0.3, -0.25) is 4.79 Å². The molecule has 10 nitrogen and oxygen atoms in total. The molecule has 1 saturated heterocycles. The van der Waals surface area contributed by atoms with Crippen LogP contribution in [0.2, 0.25) is 0 Å². The summed E-state index contributed by atoms with van der Waals surface area (Å²) in [4.78, 5) is 22.5. The molecule has 1 amide bonds. The zero-order valence-corrected chi connectivity index (χ0v) is 18.2. The number of hydrogen-bond acceptors (Lipinski definition) is 7. The molecule has 6 heterocycles. The Morgan fingerprint density at radius 2 is 2.18 bits per heavy atom. The fraction of sp³-hybridized carbons (Fsp3) is 0.391. The number of alkyl halides is 1. The van der Waals surface area contributed by atoms with E-state index in [1.807, 2.05) is 18.3 Å². The molecule has 0 bridgehead atoms. The van der Waals surface area contributed by atoms with Gasteiger partial charge in [0.25, 0.3) is 5.91 Å². The minimum atomic E-state index is -1.01. The lowest BCUT2D eigenvalue weighted by atomic mass is 9.90. The molecule has 0 spiro atoms. The number of anilines is 1. The number of nitrogens with one attached hydrogen (secondary N) is 2. The topological polar surface area (TPSA) is 108 Å². The van der Waals surface area contributed by atoms with Crippen molar-refractivity contribution in [2.45, 2.75) is 31.1 Å². The van der Waals surface area contributed by atoms with Crippen LogP contribution in [0.15, 0.2) is 30.7 Å². The zero-order valence-electron chi connectivity index (χ0n) is 18.2. The lowest BCUT2D eigenvalue weighted by Gasteiger charge is -2.30. The summed E-state index contributed by atoms with van der Waals surface area (Å²) in [5.74, 6) is 0.826. The van der Waals surface area contributed by atoms with E-state index in [0.29, 0.717) is 67.7 Å². The highest BCUT2D eigenvalue weighted by molar-refractivity contribution is 6.02. The van der Waals surface area contributed by atoms with Gasteiger partial charge in [0.1, 0.15) is 29.7 Å². The van der Waals surface area contributed by atoms with Crippen LogP contribution in [0.4, 0.5) is 10.2 Å². The Labute approximate surface area is 193 Å². The van der Waals surface area contributed by atoms with Crippen molar-refractivity contribution in [3.05, 3.63) is 36.3 Å². The highest BCUT2D eigenvalue weighted by Crippen LogP contribution is 2.42. The van der Waals surface area contributed by atoms with Gasteiger partial charge in [0.15, 0.2) is 17.2 Å². The largest absolute Gasteiger partial charge is 0.486 e. The van der Waals surface area contributed by atoms with Crippen LogP contribution in [-0.4, -0.2) is 68.6 Å². The standard InChI is InChI=1S/C23H22FN7O3/c24-16-3-4-17(16)28-23(32)14-8-27-31-21(14)29-18(19-22(31)26-6-7-34-19)15-9-30(12-10-33-11-12)20-13(15)2-1-5-25-20/h1-2,5,8-9,12,16-17,26H,3-4,6-7,10-11H2,(H,28,32)/t16-,17?/m0/s1. The van der Waals surface area contributed by atoms with Crippen LogP contribution in [0.5, 0.6) is 5.75 Å². The molecule has 34 heavy (non-hydrogen) atoms. The Balaban J connectivity index is 1.41. The number of halogens is 1. The summed E-state index contributed by atoms with van der Waals surface area (Å²) in [5.41, 5.74) is 2.98. The minimum Gasteiger partial charge on any atom is -0.486 e. The first-order valence-corrected chi connectivity index (χ1v) is 11.5. The molecule has 2 atom stereocenters. The predicted molar refractivity (Wildman–Crippen MR) is 121 cm³/mol. The number of hydrogen-bond donors (Lipinski definition) is 2. The molecule has 1 aliphatic carbocycles. The highest BCUT2D eigenvalue weighted by atomic mass is 19.1. The van der Waals surface area contributed by atoms with Crippen molar-refractivity contribution in [3.8, 4) is 17.0 Å². The van der Waals surface area contributed by atoms with E-state index in [-0.39, 0.29) is 11.9 Å². The summed E-state index contributed by atoms with van der Waals surface area (Å²) in [6.45, 7) is 2.34. The van der Waals surface area contributed by atoms with Gasteiger partial charge in [-0.2, -0.15) is 9.61 Å². The van der Waals surface area contributed by atoms with Gasteiger partial charge in [-0.05, 0) is 25.0 Å². The maximum atomic E-state index is 13.8. The second-order valence-electron chi connectivity index (χ2n) is 8.90. The lowest BCUT2D eigenvalue weighted by Crippen LogP contribution is -2.48. The van der Waals surface area contributed by atoms with Crippen molar-refractivity contribution in [3.63, 3.8) is 0 Å². The number of rotatable bonds is 4. The molecule has 1 saturated carbocycles. The van der Waals surface area contributed by atoms with E-state index < -0.39 is 12.2 Å². The Kier molecular flexibility index (Phi) is 4.28. The Hall–Kier alpha value is -3.73. The molecule has 7 rings (SSSR count). The maximum absolute atomic E-state index is 13.8. The quantitative estimate of drug-likeness (QED) is 0.478. The summed E-state index contributed by atoms with van der Waals surface area (Å²) in [6.07, 6.45) is 5.37. The van der Waals surface area contributed by atoms with Crippen LogP contribution in [0.3, 0.4) is 0 Å². The van der Waals surface area contributed by atoms with Crippen LogP contribution in [0.1, 0.15) is 29.2 Å². The third-order valence-corrected chi connectivity index (χ3v) is 6.85. The predicted octanol–water partition coefficient (Wildman–Crippen LogP) is 2.35. The molecule has 1 unspecified atom stereocenters. The molecule has 0 radical (unpaired) electrons. The third kappa shape index (κ3) is 2.82. The molecule has 174 valence electrons. The molecule has 2 N–H and O–H groups in total. The number of carbonyl (C=O) groups is 1. The molecule has 3 aliphatic rings. The number of aromatic nitrogens is 5. The van der Waals surface area contributed by atoms with Crippen molar-refractivity contribution in [2.75, 3.05) is 31.7 Å². The Morgan fingerprint density at radius 3 is 2.94 bits per heavy atom. The van der Waals surface area contributed by atoms with E-state index in [0.717, 1.165) is 16.6 Å². The molecule has 11 heteroatoms. The van der Waals surface area contributed by atoms with E-state index in [9.17, 15) is 9.18 Å². The Bertz CT molecular complexity index is 1440. The van der Waals surface area contributed by atoms with Gasteiger partial charge in [-0.15, -0.1) is 0 Å². The average molecular weight is 463 g/mol. The van der Waals surface area contributed by atoms with E-state index in [1.165, 1.54) is 6.20 Å². The van der Waals surface area contributed by atoms with Crippen LogP contribution >= 0.6 is 0 Å². The van der Waals surface area contributed by atoms with Gasteiger partial charge >= 0.3 is 0 Å². The summed E-state index contributed by atoms with van der Waals surface area (Å²) in [7, 11) is 0. The first kappa shape index (κ1) is 19.7. The number of ether oxygens (including phenoxy) is 2. The summed E-state index contributed by atoms with van der Waals surface area (Å²) < 4.78 is 28.9. The minimum absolute atomic E-state index is 0.206. The molecule has 2 fully saturated rings. The monoisotopic (exact) mass is 463 g/mol. The van der Waals surface area contributed by atoms with Crippen molar-refractivity contribution < 1.29 is 18.7 Å². The van der Waals surface area contributed by atoms with Crippen LogP contribution in [0, 0.1) is 0 Å². The van der Waals surface area contributed by atoms with Gasteiger partial charge in [-0.25, -0.2) is 14.4 Å². The first-order chi connectivity index (χ1) is 16.7. The van der Waals surface area contributed by atoms with Gasteiger partial charge in [0, 0.05) is 23.3 Å². The number of nitrogens with zero attached hydrogens (tertiary/aromatic N) is 5. The summed E-state index contributed by atoms with van der Waals surface area (Å²) in [6, 6.07) is 3.64. The molecule has 4 aromatic rings. The molecular weight excluding hydrogens is 441 g/mol. The lowest BCUT2D eigenvalue weighted by molar-refractivity contribution is -0.0215. The van der Waals surface area contributed by atoms with E-state index in [2.05, 4.69) is 25.3 Å². The number of pyridine rings is 1. The van der Waals surface area contributed by atoms with Gasteiger partial charge < -0.3 is 24.7 Å². The van der Waals surface area contributed by atoms with Crippen LogP contribution < -0.4 is 15.4 Å². The van der Waals surface area contributed by atoms with E-state index in [4.69, 9.17) is 14.5 Å². The Morgan fingerprint density at radius 1 is 1.26 bits per heavy atom. The average Bonchev–Trinajstić information content (AvgIpc) is 3.42. The first-order valence-electron chi connectivity index (χ1n) is 11.5. The molecular formula is C23H22FN7O3. The fourth-order valence-electron chi connectivity index (χ4n) is 4.74. The molecule has 0 aromatic carbocycles. The number of carbonyl (C=O) groups excluding carboxylic acids is 1. The van der Waals surface area contributed by atoms with Crippen LogP contribution in [0.25, 0.3) is 27.9 Å². The van der Waals surface area contributed by atoms with Crippen molar-refractivity contribution in [1.29, 1.82) is 0 Å². The smallest absolute Gasteiger partial charge is 0.257 e. The highest BCUT2D eigenvalue weighted by Gasteiger charge is 2.34. The second-order valence-corrected chi connectivity index (χ2v) is 8.90. The maximum Gasteiger partial charge on any atom is 0.257 e. The summed E-state index contributed by atoms with van der Waals surface area (Å²) in [5, 5.41) is 11.4. The number of fused-ring (bicyclic) bond motifs is 4. The van der Waals surface area contributed by atoms with Crippen LogP contribution in [-0.2, 0) is 4.74 Å². The normalized spacial score (nSPS) is 21.9. The van der Waals surface area contributed by atoms with Gasteiger partial charge in [0.05, 0.1) is 38.0 Å². The van der Waals surface area contributed by atoms with E-state index >= 15 is 0 Å².